The van der Waals surface area contributed by atoms with Gasteiger partial charge in [0.05, 0.1) is 9.40 Å². The summed E-state index contributed by atoms with van der Waals surface area (Å²) in [6.45, 7) is 0. The molecule has 0 heterocycles. The Bertz CT molecular complexity index is 543. The quantitative estimate of drug-likeness (QED) is 0.684. The SMILES string of the molecule is O=[N+]([O-])c1cc(Nc2ccccc2)ccc1Br. The summed E-state index contributed by atoms with van der Waals surface area (Å²) in [4.78, 5) is 10.4. The first-order valence-corrected chi connectivity index (χ1v) is 5.72. The third kappa shape index (κ3) is 2.82. The predicted molar refractivity (Wildman–Crippen MR) is 70.5 cm³/mol. The van der Waals surface area contributed by atoms with E-state index in [0.29, 0.717) is 10.2 Å². The van der Waals surface area contributed by atoms with Gasteiger partial charge in [0.1, 0.15) is 0 Å². The highest BCUT2D eigenvalue weighted by atomic mass is 79.9. The van der Waals surface area contributed by atoms with E-state index in [1.54, 1.807) is 12.1 Å². The second-order valence-electron chi connectivity index (χ2n) is 3.41. The van der Waals surface area contributed by atoms with Gasteiger partial charge in [-0.15, -0.1) is 0 Å². The van der Waals surface area contributed by atoms with Gasteiger partial charge < -0.3 is 5.32 Å². The Kier molecular flexibility index (Phi) is 3.39. The molecule has 0 fully saturated rings. The van der Waals surface area contributed by atoms with E-state index in [9.17, 15) is 10.1 Å². The fourth-order valence-electron chi connectivity index (χ4n) is 1.42. The van der Waals surface area contributed by atoms with Crippen LogP contribution in [0.4, 0.5) is 17.1 Å². The van der Waals surface area contributed by atoms with Gasteiger partial charge in [0.2, 0.25) is 0 Å². The molecule has 0 aromatic heterocycles. The molecule has 86 valence electrons. The van der Waals surface area contributed by atoms with Gasteiger partial charge in [-0.1, -0.05) is 18.2 Å². The lowest BCUT2D eigenvalue weighted by Gasteiger charge is -2.06. The largest absolute Gasteiger partial charge is 0.355 e. The third-order valence-electron chi connectivity index (χ3n) is 2.21. The van der Waals surface area contributed by atoms with Crippen LogP contribution in [0.1, 0.15) is 0 Å². The van der Waals surface area contributed by atoms with Crippen LogP contribution in [-0.2, 0) is 0 Å². The van der Waals surface area contributed by atoms with E-state index in [1.165, 1.54) is 6.07 Å². The van der Waals surface area contributed by atoms with Crippen molar-refractivity contribution in [2.75, 3.05) is 5.32 Å². The molecule has 4 nitrogen and oxygen atoms in total. The van der Waals surface area contributed by atoms with Crippen molar-refractivity contribution in [2.45, 2.75) is 0 Å². The molecule has 1 N–H and O–H groups in total. The van der Waals surface area contributed by atoms with E-state index in [-0.39, 0.29) is 5.69 Å². The second kappa shape index (κ2) is 4.97. The normalized spacial score (nSPS) is 9.94. The van der Waals surface area contributed by atoms with Gasteiger partial charge in [-0.25, -0.2) is 0 Å². The fourth-order valence-corrected chi connectivity index (χ4v) is 1.81. The van der Waals surface area contributed by atoms with Crippen LogP contribution in [0.25, 0.3) is 0 Å². The van der Waals surface area contributed by atoms with Crippen molar-refractivity contribution in [3.8, 4) is 0 Å². The van der Waals surface area contributed by atoms with Crippen molar-refractivity contribution in [3.05, 3.63) is 63.1 Å². The first-order valence-electron chi connectivity index (χ1n) is 4.93. The predicted octanol–water partition coefficient (Wildman–Crippen LogP) is 4.10. The van der Waals surface area contributed by atoms with E-state index in [0.717, 1.165) is 5.69 Å². The van der Waals surface area contributed by atoms with Gasteiger partial charge in [-0.2, -0.15) is 0 Å². The molecule has 0 atom stereocenters. The number of benzene rings is 2. The molecular formula is C12H9BrN2O2. The Morgan fingerprint density at radius 2 is 1.76 bits per heavy atom. The number of halogens is 1. The van der Waals surface area contributed by atoms with Gasteiger partial charge in [-0.3, -0.25) is 10.1 Å². The first kappa shape index (κ1) is 11.6. The molecule has 0 saturated carbocycles. The lowest BCUT2D eigenvalue weighted by molar-refractivity contribution is -0.385. The molecule has 0 amide bonds. The average Bonchev–Trinajstić information content (AvgIpc) is 2.32. The van der Waals surface area contributed by atoms with Crippen molar-refractivity contribution < 1.29 is 4.92 Å². The summed E-state index contributed by atoms with van der Waals surface area (Å²) < 4.78 is 0.473. The summed E-state index contributed by atoms with van der Waals surface area (Å²) in [5, 5.41) is 13.9. The zero-order valence-corrected chi connectivity index (χ0v) is 10.3. The Labute approximate surface area is 107 Å². The summed E-state index contributed by atoms with van der Waals surface area (Å²) in [6, 6.07) is 14.4. The molecule has 0 aliphatic rings. The standard InChI is InChI=1S/C12H9BrN2O2/c13-11-7-6-10(8-12(11)15(16)17)14-9-4-2-1-3-5-9/h1-8,14H. The number of para-hydroxylation sites is 1. The molecule has 17 heavy (non-hydrogen) atoms. The van der Waals surface area contributed by atoms with Crippen LogP contribution in [0, 0.1) is 10.1 Å². The maximum absolute atomic E-state index is 10.8. The zero-order chi connectivity index (χ0) is 12.3. The number of nitrogens with zero attached hydrogens (tertiary/aromatic N) is 1. The van der Waals surface area contributed by atoms with Crippen molar-refractivity contribution in [3.63, 3.8) is 0 Å². The molecule has 2 aromatic rings. The Morgan fingerprint density at radius 1 is 1.06 bits per heavy atom. The summed E-state index contributed by atoms with van der Waals surface area (Å²) >= 11 is 3.15. The highest BCUT2D eigenvalue weighted by Crippen LogP contribution is 2.29. The topological polar surface area (TPSA) is 55.2 Å². The van der Waals surface area contributed by atoms with Crippen LogP contribution in [0.2, 0.25) is 0 Å². The van der Waals surface area contributed by atoms with Crippen LogP contribution < -0.4 is 5.32 Å². The number of rotatable bonds is 3. The van der Waals surface area contributed by atoms with Gasteiger partial charge in [-0.05, 0) is 40.2 Å². The van der Waals surface area contributed by atoms with E-state index < -0.39 is 4.92 Å². The molecule has 5 heteroatoms. The van der Waals surface area contributed by atoms with Crippen molar-refractivity contribution in [1.29, 1.82) is 0 Å². The van der Waals surface area contributed by atoms with E-state index in [2.05, 4.69) is 21.2 Å². The lowest BCUT2D eigenvalue weighted by Crippen LogP contribution is -1.93. The molecule has 0 unspecified atom stereocenters. The lowest BCUT2D eigenvalue weighted by atomic mass is 10.2. The minimum atomic E-state index is -0.416. The Morgan fingerprint density at radius 3 is 2.41 bits per heavy atom. The molecular weight excluding hydrogens is 284 g/mol. The maximum atomic E-state index is 10.8. The Hall–Kier alpha value is -1.88. The smallest absolute Gasteiger partial charge is 0.285 e. The van der Waals surface area contributed by atoms with Gasteiger partial charge in [0.15, 0.2) is 0 Å². The second-order valence-corrected chi connectivity index (χ2v) is 4.27. The summed E-state index contributed by atoms with van der Waals surface area (Å²) in [7, 11) is 0. The van der Waals surface area contributed by atoms with Crippen LogP contribution in [-0.4, -0.2) is 4.92 Å². The monoisotopic (exact) mass is 292 g/mol. The molecule has 0 saturated heterocycles. The number of anilines is 2. The van der Waals surface area contributed by atoms with Crippen LogP contribution in [0.15, 0.2) is 53.0 Å². The van der Waals surface area contributed by atoms with Crippen LogP contribution in [0.3, 0.4) is 0 Å². The van der Waals surface area contributed by atoms with Crippen molar-refractivity contribution >= 4 is 33.0 Å². The molecule has 2 rings (SSSR count). The van der Waals surface area contributed by atoms with E-state index in [4.69, 9.17) is 0 Å². The number of nitrogens with one attached hydrogen (secondary N) is 1. The van der Waals surface area contributed by atoms with Crippen molar-refractivity contribution in [2.24, 2.45) is 0 Å². The molecule has 0 aliphatic heterocycles. The number of nitro groups is 1. The van der Waals surface area contributed by atoms with Gasteiger partial charge in [0.25, 0.3) is 5.69 Å². The van der Waals surface area contributed by atoms with Crippen LogP contribution in [0.5, 0.6) is 0 Å². The number of hydrogen-bond acceptors (Lipinski definition) is 3. The zero-order valence-electron chi connectivity index (χ0n) is 8.76. The minimum absolute atomic E-state index is 0.0472. The highest BCUT2D eigenvalue weighted by Gasteiger charge is 2.12. The summed E-state index contributed by atoms with van der Waals surface area (Å²) in [5.74, 6) is 0. The average molecular weight is 293 g/mol. The van der Waals surface area contributed by atoms with E-state index in [1.807, 2.05) is 30.3 Å². The molecule has 0 spiro atoms. The van der Waals surface area contributed by atoms with Gasteiger partial charge >= 0.3 is 0 Å². The Balaban J connectivity index is 2.29. The maximum Gasteiger partial charge on any atom is 0.285 e. The fraction of sp³-hybridized carbons (Fsp3) is 0. The third-order valence-corrected chi connectivity index (χ3v) is 2.88. The minimum Gasteiger partial charge on any atom is -0.355 e. The molecule has 2 aromatic carbocycles. The summed E-state index contributed by atoms with van der Waals surface area (Å²) in [5.41, 5.74) is 1.63. The molecule has 0 radical (unpaired) electrons. The van der Waals surface area contributed by atoms with Crippen molar-refractivity contribution in [1.82, 2.24) is 0 Å². The first-order chi connectivity index (χ1) is 8.16. The summed E-state index contributed by atoms with van der Waals surface area (Å²) in [6.07, 6.45) is 0. The van der Waals surface area contributed by atoms with E-state index >= 15 is 0 Å². The number of hydrogen-bond donors (Lipinski definition) is 1. The number of nitro benzene ring substituents is 1. The van der Waals surface area contributed by atoms with Gasteiger partial charge in [0, 0.05) is 17.4 Å². The van der Waals surface area contributed by atoms with Crippen LogP contribution >= 0.6 is 15.9 Å². The highest BCUT2D eigenvalue weighted by molar-refractivity contribution is 9.10. The molecule has 0 bridgehead atoms. The molecule has 0 aliphatic carbocycles.